The van der Waals surface area contributed by atoms with Gasteiger partial charge in [0.2, 0.25) is 0 Å². The van der Waals surface area contributed by atoms with Crippen molar-refractivity contribution in [2.45, 2.75) is 44.6 Å². The lowest BCUT2D eigenvalue weighted by Crippen LogP contribution is -2.27. The summed E-state index contributed by atoms with van der Waals surface area (Å²) in [5.41, 5.74) is 5.34. The molecule has 2 rings (SSSR count). The molecule has 0 spiro atoms. The monoisotopic (exact) mass is 301 g/mol. The summed E-state index contributed by atoms with van der Waals surface area (Å²) in [7, 11) is 0. The molecule has 0 aromatic heterocycles. The minimum Gasteiger partial charge on any atom is -0.481 e. The van der Waals surface area contributed by atoms with Gasteiger partial charge in [0.1, 0.15) is 5.82 Å². The molecule has 0 amide bonds. The molecule has 0 radical (unpaired) electrons. The van der Waals surface area contributed by atoms with E-state index >= 15 is 0 Å². The zero-order chi connectivity index (χ0) is 15.6. The summed E-state index contributed by atoms with van der Waals surface area (Å²) in [5.74, 6) is -4.23. The summed E-state index contributed by atoms with van der Waals surface area (Å²) in [5, 5.41) is 9.03. The van der Waals surface area contributed by atoms with E-state index in [1.54, 1.807) is 0 Å². The Kier molecular flexibility index (Phi) is 4.56. The van der Waals surface area contributed by atoms with E-state index in [1.807, 2.05) is 0 Å². The van der Waals surface area contributed by atoms with Gasteiger partial charge in [-0.2, -0.15) is 0 Å². The summed E-state index contributed by atoms with van der Waals surface area (Å²) in [4.78, 5) is 11.0. The van der Waals surface area contributed by atoms with Gasteiger partial charge in [-0.25, -0.2) is 13.2 Å². The van der Waals surface area contributed by atoms with E-state index in [0.29, 0.717) is 18.9 Å². The summed E-state index contributed by atoms with van der Waals surface area (Å²) >= 11 is 0. The van der Waals surface area contributed by atoms with Crippen LogP contribution in [-0.4, -0.2) is 11.1 Å². The van der Waals surface area contributed by atoms with Crippen LogP contribution in [0.4, 0.5) is 13.2 Å². The van der Waals surface area contributed by atoms with Gasteiger partial charge < -0.3 is 10.8 Å². The quantitative estimate of drug-likeness (QED) is 0.818. The maximum atomic E-state index is 13.7. The first-order valence-electron chi connectivity index (χ1n) is 6.95. The predicted octanol–water partition coefficient (Wildman–Crippen LogP) is 3.53. The fourth-order valence-corrected chi connectivity index (χ4v) is 3.30. The number of carboxylic acid groups (broad SMARTS) is 1. The zero-order valence-electron chi connectivity index (χ0n) is 11.5. The average molecular weight is 301 g/mol. The predicted molar refractivity (Wildman–Crippen MR) is 71.0 cm³/mol. The molecule has 21 heavy (non-hydrogen) atoms. The molecule has 3 N–H and O–H groups in total. The number of carbonyl (C=O) groups is 1. The molecule has 1 unspecified atom stereocenters. The van der Waals surface area contributed by atoms with Crippen molar-refractivity contribution in [3.63, 3.8) is 0 Å². The second-order valence-corrected chi connectivity index (χ2v) is 5.88. The maximum Gasteiger partial charge on any atom is 0.303 e. The molecule has 0 heterocycles. The Hall–Kier alpha value is -1.56. The van der Waals surface area contributed by atoms with Gasteiger partial charge in [-0.1, -0.05) is 12.8 Å². The van der Waals surface area contributed by atoms with Gasteiger partial charge in [-0.05, 0) is 30.7 Å². The van der Waals surface area contributed by atoms with E-state index in [9.17, 15) is 18.0 Å². The minimum absolute atomic E-state index is 0.0357. The van der Waals surface area contributed by atoms with Crippen LogP contribution in [-0.2, 0) is 4.79 Å². The van der Waals surface area contributed by atoms with Crippen LogP contribution in [0, 0.1) is 22.9 Å². The highest BCUT2D eigenvalue weighted by atomic mass is 19.2. The van der Waals surface area contributed by atoms with Crippen molar-refractivity contribution in [2.75, 3.05) is 0 Å². The largest absolute Gasteiger partial charge is 0.481 e. The molecule has 1 aromatic carbocycles. The van der Waals surface area contributed by atoms with E-state index < -0.39 is 34.9 Å². The molecule has 1 aliphatic rings. The smallest absolute Gasteiger partial charge is 0.303 e. The molecular weight excluding hydrogens is 283 g/mol. The third kappa shape index (κ3) is 3.56. The molecule has 0 saturated heterocycles. The van der Waals surface area contributed by atoms with Gasteiger partial charge in [0.05, 0.1) is 6.42 Å². The Morgan fingerprint density at radius 2 is 1.76 bits per heavy atom. The van der Waals surface area contributed by atoms with Crippen LogP contribution in [0.3, 0.4) is 0 Å². The molecule has 116 valence electrons. The van der Waals surface area contributed by atoms with Gasteiger partial charge in [-0.15, -0.1) is 0 Å². The highest BCUT2D eigenvalue weighted by Gasteiger charge is 2.38. The van der Waals surface area contributed by atoms with Crippen LogP contribution in [0.5, 0.6) is 0 Å². The number of aliphatic carboxylic acids is 1. The van der Waals surface area contributed by atoms with Crippen LogP contribution in [0.2, 0.25) is 0 Å². The van der Waals surface area contributed by atoms with Gasteiger partial charge in [-0.3, -0.25) is 4.79 Å². The summed E-state index contributed by atoms with van der Waals surface area (Å²) in [6.45, 7) is 0. The molecule has 0 bridgehead atoms. The Labute approximate surface area is 121 Å². The van der Waals surface area contributed by atoms with Crippen LogP contribution in [0.15, 0.2) is 12.1 Å². The third-order valence-electron chi connectivity index (χ3n) is 4.28. The highest BCUT2D eigenvalue weighted by Crippen LogP contribution is 2.47. The molecule has 1 aromatic rings. The van der Waals surface area contributed by atoms with Crippen molar-refractivity contribution < 1.29 is 23.1 Å². The van der Waals surface area contributed by atoms with Crippen LogP contribution in [0.25, 0.3) is 0 Å². The summed E-state index contributed by atoms with van der Waals surface area (Å²) in [6.07, 6.45) is 3.43. The van der Waals surface area contributed by atoms with Crippen molar-refractivity contribution in [3.8, 4) is 0 Å². The Morgan fingerprint density at radius 1 is 1.19 bits per heavy atom. The molecule has 6 heteroatoms. The molecule has 1 aliphatic carbocycles. The number of halogens is 3. The van der Waals surface area contributed by atoms with E-state index in [4.69, 9.17) is 10.8 Å². The second-order valence-electron chi connectivity index (χ2n) is 5.88. The van der Waals surface area contributed by atoms with E-state index in [1.165, 1.54) is 0 Å². The van der Waals surface area contributed by atoms with Gasteiger partial charge in [0.25, 0.3) is 0 Å². The van der Waals surface area contributed by atoms with Crippen LogP contribution < -0.4 is 5.73 Å². The lowest BCUT2D eigenvalue weighted by molar-refractivity contribution is -0.139. The first-order valence-corrected chi connectivity index (χ1v) is 6.95. The fourth-order valence-electron chi connectivity index (χ4n) is 3.30. The van der Waals surface area contributed by atoms with E-state index in [2.05, 4.69) is 0 Å². The number of rotatable bonds is 5. The molecule has 0 aliphatic heterocycles. The first kappa shape index (κ1) is 15.8. The molecule has 1 atom stereocenters. The Bertz CT molecular complexity index is 542. The van der Waals surface area contributed by atoms with Crippen molar-refractivity contribution in [3.05, 3.63) is 35.1 Å². The van der Waals surface area contributed by atoms with Crippen LogP contribution >= 0.6 is 0 Å². The number of hydrogen-bond acceptors (Lipinski definition) is 2. The Morgan fingerprint density at radius 3 is 2.33 bits per heavy atom. The zero-order valence-corrected chi connectivity index (χ0v) is 11.5. The Balaban J connectivity index is 2.21. The third-order valence-corrected chi connectivity index (χ3v) is 4.28. The normalized spacial score (nSPS) is 18.7. The SMILES string of the molecule is NC(CC1(CC(=O)O)CCCC1)c1cc(F)c(F)cc1F. The van der Waals surface area contributed by atoms with Crippen molar-refractivity contribution >= 4 is 5.97 Å². The standard InChI is InChI=1S/C15H18F3NO2/c16-10-6-12(18)11(17)5-9(10)13(19)7-15(8-14(20)21)3-1-2-4-15/h5-6,13H,1-4,7-8,19H2,(H,20,21). The van der Waals surface area contributed by atoms with Crippen molar-refractivity contribution in [1.82, 2.24) is 0 Å². The number of carboxylic acids is 1. The molecular formula is C15H18F3NO2. The number of nitrogens with two attached hydrogens (primary N) is 1. The van der Waals surface area contributed by atoms with Crippen molar-refractivity contribution in [2.24, 2.45) is 11.1 Å². The first-order chi connectivity index (χ1) is 9.83. The fraction of sp³-hybridized carbons (Fsp3) is 0.533. The van der Waals surface area contributed by atoms with Gasteiger partial charge in [0, 0.05) is 17.7 Å². The topological polar surface area (TPSA) is 63.3 Å². The summed E-state index contributed by atoms with van der Waals surface area (Å²) < 4.78 is 39.9. The van der Waals surface area contributed by atoms with E-state index in [-0.39, 0.29) is 18.4 Å². The summed E-state index contributed by atoms with van der Waals surface area (Å²) in [6, 6.07) is 0.388. The highest BCUT2D eigenvalue weighted by molar-refractivity contribution is 5.67. The molecule has 1 saturated carbocycles. The van der Waals surface area contributed by atoms with Gasteiger partial charge >= 0.3 is 5.97 Å². The lowest BCUT2D eigenvalue weighted by Gasteiger charge is -2.30. The van der Waals surface area contributed by atoms with E-state index in [0.717, 1.165) is 18.9 Å². The number of hydrogen-bond donors (Lipinski definition) is 2. The minimum atomic E-state index is -1.26. The number of benzene rings is 1. The molecule has 3 nitrogen and oxygen atoms in total. The molecule has 1 fully saturated rings. The van der Waals surface area contributed by atoms with Crippen LogP contribution in [0.1, 0.15) is 50.1 Å². The van der Waals surface area contributed by atoms with Gasteiger partial charge in [0.15, 0.2) is 11.6 Å². The average Bonchev–Trinajstić information content (AvgIpc) is 2.80. The lowest BCUT2D eigenvalue weighted by atomic mass is 9.76. The maximum absolute atomic E-state index is 13.7. The van der Waals surface area contributed by atoms with Crippen molar-refractivity contribution in [1.29, 1.82) is 0 Å². The second kappa shape index (κ2) is 6.05.